The molecule has 124 valence electrons. The van der Waals surface area contributed by atoms with Gasteiger partial charge in [-0.15, -0.1) is 0 Å². The molecule has 1 N–H and O–H groups in total. The van der Waals surface area contributed by atoms with Gasteiger partial charge in [-0.2, -0.15) is 13.5 Å². The number of pyridine rings is 1. The molecule has 1 aromatic carbocycles. The molecule has 8 heteroatoms. The molecule has 0 spiro atoms. The molecule has 2 aromatic heterocycles. The quantitative estimate of drug-likeness (QED) is 0.788. The van der Waals surface area contributed by atoms with Crippen LogP contribution in [-0.4, -0.2) is 36.2 Å². The van der Waals surface area contributed by atoms with Gasteiger partial charge >= 0.3 is 0 Å². The number of anilines is 1. The van der Waals surface area contributed by atoms with E-state index in [4.69, 9.17) is 4.74 Å². The largest absolute Gasteiger partial charge is 0.486 e. The molecular formula is C16H16N4O3S. The summed E-state index contributed by atoms with van der Waals surface area (Å²) in [5.74, 6) is 0.570. The Hall–Kier alpha value is -2.61. The molecule has 0 saturated heterocycles. The van der Waals surface area contributed by atoms with Gasteiger partial charge in [0, 0.05) is 6.20 Å². The summed E-state index contributed by atoms with van der Waals surface area (Å²) in [5, 5.41) is 7.17. The summed E-state index contributed by atoms with van der Waals surface area (Å²) in [6.07, 6.45) is 2.10. The van der Waals surface area contributed by atoms with Gasteiger partial charge in [-0.25, -0.2) is 4.98 Å². The molecule has 1 unspecified atom stereocenters. The SMILES string of the molecule is CCC1CN(S(=O)(=O)c2[nH]nc3ncccc23)c2ccccc2O1. The van der Waals surface area contributed by atoms with Gasteiger partial charge in [0.1, 0.15) is 11.9 Å². The minimum Gasteiger partial charge on any atom is -0.486 e. The van der Waals surface area contributed by atoms with Gasteiger partial charge in [0.15, 0.2) is 10.7 Å². The van der Waals surface area contributed by atoms with Crippen molar-refractivity contribution in [3.63, 3.8) is 0 Å². The van der Waals surface area contributed by atoms with E-state index in [2.05, 4.69) is 15.2 Å². The van der Waals surface area contributed by atoms with Gasteiger partial charge in [-0.1, -0.05) is 19.1 Å². The molecular weight excluding hydrogens is 328 g/mol. The van der Waals surface area contributed by atoms with Crippen molar-refractivity contribution in [2.75, 3.05) is 10.8 Å². The molecule has 3 aromatic rings. The Morgan fingerprint density at radius 1 is 1.29 bits per heavy atom. The Morgan fingerprint density at radius 2 is 2.12 bits per heavy atom. The van der Waals surface area contributed by atoms with Crippen molar-refractivity contribution in [3.8, 4) is 5.75 Å². The first-order valence-electron chi connectivity index (χ1n) is 7.69. The number of H-pyrrole nitrogens is 1. The number of aromatic amines is 1. The van der Waals surface area contributed by atoms with Crippen molar-refractivity contribution >= 4 is 26.7 Å². The fourth-order valence-electron chi connectivity index (χ4n) is 2.84. The summed E-state index contributed by atoms with van der Waals surface area (Å²) in [7, 11) is -3.81. The van der Waals surface area contributed by atoms with E-state index < -0.39 is 10.0 Å². The highest BCUT2D eigenvalue weighted by Gasteiger charge is 2.35. The molecule has 3 heterocycles. The zero-order valence-corrected chi connectivity index (χ0v) is 13.8. The second-order valence-corrected chi connectivity index (χ2v) is 7.38. The summed E-state index contributed by atoms with van der Waals surface area (Å²) >= 11 is 0. The maximum Gasteiger partial charge on any atom is 0.282 e. The van der Waals surface area contributed by atoms with Crippen LogP contribution in [0.3, 0.4) is 0 Å². The van der Waals surface area contributed by atoms with E-state index in [1.807, 2.05) is 13.0 Å². The van der Waals surface area contributed by atoms with Crippen LogP contribution in [-0.2, 0) is 10.0 Å². The van der Waals surface area contributed by atoms with Crippen molar-refractivity contribution in [2.45, 2.75) is 24.5 Å². The van der Waals surface area contributed by atoms with Crippen molar-refractivity contribution in [3.05, 3.63) is 42.6 Å². The Kier molecular flexibility index (Phi) is 3.42. The maximum atomic E-state index is 13.3. The van der Waals surface area contributed by atoms with Gasteiger partial charge in [-0.3, -0.25) is 9.40 Å². The summed E-state index contributed by atoms with van der Waals surface area (Å²) < 4.78 is 33.8. The standard InChI is InChI=1S/C16H16N4O3S/c1-2-11-10-20(13-7-3-4-8-14(13)23-11)24(21,22)16-12-6-5-9-17-15(12)18-19-16/h3-9,11H,2,10H2,1H3,(H,17,18,19). The maximum absolute atomic E-state index is 13.3. The minimum absolute atomic E-state index is 0.0529. The van der Waals surface area contributed by atoms with Crippen LogP contribution < -0.4 is 9.04 Å². The fraction of sp³-hybridized carbons (Fsp3) is 0.250. The van der Waals surface area contributed by atoms with Crippen molar-refractivity contribution < 1.29 is 13.2 Å². The lowest BCUT2D eigenvalue weighted by molar-refractivity contribution is 0.195. The number of nitrogens with zero attached hydrogens (tertiary/aromatic N) is 3. The topological polar surface area (TPSA) is 88.2 Å². The third-order valence-corrected chi connectivity index (χ3v) is 5.85. The second-order valence-electron chi connectivity index (χ2n) is 5.58. The highest BCUT2D eigenvalue weighted by atomic mass is 32.2. The predicted molar refractivity (Wildman–Crippen MR) is 89.6 cm³/mol. The smallest absolute Gasteiger partial charge is 0.282 e. The Bertz CT molecular complexity index is 999. The highest BCUT2D eigenvalue weighted by molar-refractivity contribution is 7.93. The van der Waals surface area contributed by atoms with Crippen LogP contribution in [0.15, 0.2) is 47.6 Å². The first kappa shape index (κ1) is 14.9. The molecule has 0 radical (unpaired) electrons. The van der Waals surface area contributed by atoms with Crippen LogP contribution in [0.5, 0.6) is 5.75 Å². The lowest BCUT2D eigenvalue weighted by atomic mass is 10.2. The second kappa shape index (κ2) is 5.48. The van der Waals surface area contributed by atoms with Crippen LogP contribution in [0, 0.1) is 0 Å². The third-order valence-electron chi connectivity index (χ3n) is 4.10. The first-order chi connectivity index (χ1) is 11.6. The van der Waals surface area contributed by atoms with Crippen molar-refractivity contribution in [2.24, 2.45) is 0 Å². The first-order valence-corrected chi connectivity index (χ1v) is 9.13. The summed E-state index contributed by atoms with van der Waals surface area (Å²) in [6.45, 7) is 2.23. The van der Waals surface area contributed by atoms with E-state index in [1.165, 1.54) is 4.31 Å². The average molecular weight is 344 g/mol. The Morgan fingerprint density at radius 3 is 2.96 bits per heavy atom. The summed E-state index contributed by atoms with van der Waals surface area (Å²) in [6, 6.07) is 10.5. The molecule has 4 rings (SSSR count). The molecule has 0 fully saturated rings. The number of hydrogen-bond acceptors (Lipinski definition) is 5. The molecule has 0 bridgehead atoms. The zero-order valence-electron chi connectivity index (χ0n) is 13.0. The number of rotatable bonds is 3. The molecule has 7 nitrogen and oxygen atoms in total. The third kappa shape index (κ3) is 2.22. The monoisotopic (exact) mass is 344 g/mol. The molecule has 1 aliphatic rings. The van der Waals surface area contributed by atoms with Crippen LogP contribution in [0.2, 0.25) is 0 Å². The number of benzene rings is 1. The fourth-order valence-corrected chi connectivity index (χ4v) is 4.43. The number of para-hydroxylation sites is 2. The van der Waals surface area contributed by atoms with Crippen molar-refractivity contribution in [1.29, 1.82) is 0 Å². The lowest BCUT2D eigenvalue weighted by Crippen LogP contribution is -2.43. The molecule has 1 atom stereocenters. The van der Waals surface area contributed by atoms with Crippen molar-refractivity contribution in [1.82, 2.24) is 15.2 Å². The van der Waals surface area contributed by atoms with Gasteiger partial charge < -0.3 is 4.74 Å². The normalized spacial score (nSPS) is 17.5. The van der Waals surface area contributed by atoms with Gasteiger partial charge in [0.25, 0.3) is 10.0 Å². The number of ether oxygens (including phenoxy) is 1. The highest BCUT2D eigenvalue weighted by Crippen LogP contribution is 2.37. The van der Waals surface area contributed by atoms with E-state index >= 15 is 0 Å². The van der Waals surface area contributed by atoms with E-state index in [-0.39, 0.29) is 17.7 Å². The summed E-state index contributed by atoms with van der Waals surface area (Å²) in [4.78, 5) is 4.09. The molecule has 24 heavy (non-hydrogen) atoms. The molecule has 1 aliphatic heterocycles. The average Bonchev–Trinajstić information content (AvgIpc) is 3.05. The zero-order chi connectivity index (χ0) is 16.7. The van der Waals surface area contributed by atoms with Gasteiger partial charge in [-0.05, 0) is 30.7 Å². The number of hydrogen-bond donors (Lipinski definition) is 1. The van der Waals surface area contributed by atoms with Crippen LogP contribution in [0.1, 0.15) is 13.3 Å². The van der Waals surface area contributed by atoms with Gasteiger partial charge in [0.2, 0.25) is 0 Å². The predicted octanol–water partition coefficient (Wildman–Crippen LogP) is 2.32. The number of aromatic nitrogens is 3. The number of nitrogens with one attached hydrogen (secondary N) is 1. The van der Waals surface area contributed by atoms with E-state index in [0.29, 0.717) is 28.9 Å². The summed E-state index contributed by atoms with van der Waals surface area (Å²) in [5.41, 5.74) is 0.915. The lowest BCUT2D eigenvalue weighted by Gasteiger charge is -2.34. The van der Waals surface area contributed by atoms with E-state index in [1.54, 1.807) is 36.5 Å². The molecule has 0 aliphatic carbocycles. The van der Waals surface area contributed by atoms with Gasteiger partial charge in [0.05, 0.1) is 17.6 Å². The number of fused-ring (bicyclic) bond motifs is 2. The molecule has 0 saturated carbocycles. The molecule has 0 amide bonds. The van der Waals surface area contributed by atoms with E-state index in [9.17, 15) is 8.42 Å². The Balaban J connectivity index is 1.87. The van der Waals surface area contributed by atoms with Crippen LogP contribution in [0.25, 0.3) is 11.0 Å². The van der Waals surface area contributed by atoms with E-state index in [0.717, 1.165) is 0 Å². The van der Waals surface area contributed by atoms with Crippen LogP contribution in [0.4, 0.5) is 5.69 Å². The number of sulfonamides is 1. The Labute approximate surface area is 139 Å². The van der Waals surface area contributed by atoms with Crippen LogP contribution >= 0.6 is 0 Å². The minimum atomic E-state index is -3.81.